The molecule has 0 fully saturated rings. The summed E-state index contributed by atoms with van der Waals surface area (Å²) in [6.45, 7) is 0. The maximum absolute atomic E-state index is 12.2. The van der Waals surface area contributed by atoms with Crippen LogP contribution in [0.1, 0.15) is 22.3 Å². The third-order valence-corrected chi connectivity index (χ3v) is 3.48. The van der Waals surface area contributed by atoms with Crippen molar-refractivity contribution in [1.82, 2.24) is 5.32 Å². The van der Waals surface area contributed by atoms with Gasteiger partial charge in [0.05, 0.1) is 4.92 Å². The van der Waals surface area contributed by atoms with Gasteiger partial charge in [0.15, 0.2) is 0 Å². The number of aryl methyl sites for hydroxylation is 1. The minimum Gasteiger partial charge on any atom is -0.359 e. The van der Waals surface area contributed by atoms with Gasteiger partial charge in [0, 0.05) is 25.2 Å². The Morgan fingerprint density at radius 1 is 1.08 bits per heavy atom. The van der Waals surface area contributed by atoms with Gasteiger partial charge >= 0.3 is 0 Å². The minimum absolute atomic E-state index is 0.00573. The second kappa shape index (κ2) is 7.87. The Kier molecular flexibility index (Phi) is 5.62. The van der Waals surface area contributed by atoms with Crippen molar-refractivity contribution in [3.8, 4) is 0 Å². The molecule has 2 aromatic carbocycles. The second-order valence-electron chi connectivity index (χ2n) is 5.10. The van der Waals surface area contributed by atoms with Crippen LogP contribution >= 0.6 is 0 Å². The molecule has 2 rings (SSSR count). The summed E-state index contributed by atoms with van der Waals surface area (Å²) in [6, 6.07) is 12.8. The van der Waals surface area contributed by atoms with Gasteiger partial charge in [-0.3, -0.25) is 19.7 Å². The Morgan fingerprint density at radius 2 is 1.75 bits per heavy atom. The van der Waals surface area contributed by atoms with E-state index >= 15 is 0 Å². The molecule has 0 aliphatic carbocycles. The molecule has 0 bridgehead atoms. The number of para-hydroxylation sites is 1. The summed E-state index contributed by atoms with van der Waals surface area (Å²) in [5.74, 6) is -0.579. The number of anilines is 1. The lowest BCUT2D eigenvalue weighted by Crippen LogP contribution is -2.17. The summed E-state index contributed by atoms with van der Waals surface area (Å²) in [7, 11) is 1.59. The van der Waals surface area contributed by atoms with Crippen LogP contribution in [0.2, 0.25) is 0 Å². The number of nitrogens with zero attached hydrogens (tertiary/aromatic N) is 1. The first-order chi connectivity index (χ1) is 11.5. The standard InChI is InChI=1S/C17H17N3O4/c1-18-16(21)11-8-12-6-9-13(10-7-12)19-17(22)14-4-2-3-5-15(14)20(23)24/h2-7,9-10H,8,11H2,1H3,(H,18,21)(H,19,22). The van der Waals surface area contributed by atoms with Gasteiger partial charge in [0.25, 0.3) is 11.6 Å². The fraction of sp³-hybridized carbons (Fsp3) is 0.176. The van der Waals surface area contributed by atoms with Crippen molar-refractivity contribution in [3.05, 3.63) is 69.8 Å². The smallest absolute Gasteiger partial charge is 0.282 e. The first kappa shape index (κ1) is 17.1. The maximum Gasteiger partial charge on any atom is 0.282 e. The highest BCUT2D eigenvalue weighted by atomic mass is 16.6. The van der Waals surface area contributed by atoms with Gasteiger partial charge in [-0.1, -0.05) is 24.3 Å². The SMILES string of the molecule is CNC(=O)CCc1ccc(NC(=O)c2ccccc2[N+](=O)[O-])cc1. The van der Waals surface area contributed by atoms with E-state index in [9.17, 15) is 19.7 Å². The van der Waals surface area contributed by atoms with Crippen molar-refractivity contribution in [3.63, 3.8) is 0 Å². The van der Waals surface area contributed by atoms with E-state index in [1.165, 1.54) is 18.2 Å². The van der Waals surface area contributed by atoms with Crippen LogP contribution in [-0.2, 0) is 11.2 Å². The lowest BCUT2D eigenvalue weighted by molar-refractivity contribution is -0.385. The molecule has 0 aliphatic heterocycles. The van der Waals surface area contributed by atoms with Crippen molar-refractivity contribution >= 4 is 23.2 Å². The van der Waals surface area contributed by atoms with Gasteiger partial charge < -0.3 is 10.6 Å². The van der Waals surface area contributed by atoms with E-state index in [0.29, 0.717) is 18.5 Å². The van der Waals surface area contributed by atoms with Crippen LogP contribution in [0.3, 0.4) is 0 Å². The van der Waals surface area contributed by atoms with Crippen LogP contribution in [0, 0.1) is 10.1 Å². The highest BCUT2D eigenvalue weighted by Gasteiger charge is 2.19. The maximum atomic E-state index is 12.2. The van der Waals surface area contributed by atoms with Crippen LogP contribution in [0.4, 0.5) is 11.4 Å². The van der Waals surface area contributed by atoms with Crippen molar-refractivity contribution < 1.29 is 14.5 Å². The summed E-state index contributed by atoms with van der Waals surface area (Å²) in [6.07, 6.45) is 0.983. The van der Waals surface area contributed by atoms with Gasteiger partial charge in [-0.2, -0.15) is 0 Å². The number of hydrogen-bond donors (Lipinski definition) is 2. The van der Waals surface area contributed by atoms with Crippen molar-refractivity contribution in [2.45, 2.75) is 12.8 Å². The molecule has 2 aromatic rings. The molecule has 0 spiro atoms. The largest absolute Gasteiger partial charge is 0.359 e. The molecule has 0 atom stereocenters. The number of hydrogen-bond acceptors (Lipinski definition) is 4. The minimum atomic E-state index is -0.587. The number of benzene rings is 2. The Labute approximate surface area is 138 Å². The van der Waals surface area contributed by atoms with E-state index in [1.54, 1.807) is 37.4 Å². The average molecular weight is 327 g/mol. The Balaban J connectivity index is 2.05. The average Bonchev–Trinajstić information content (AvgIpc) is 2.60. The van der Waals surface area contributed by atoms with Gasteiger partial charge in [-0.15, -0.1) is 0 Å². The highest BCUT2D eigenvalue weighted by Crippen LogP contribution is 2.19. The molecule has 0 unspecified atom stereocenters. The number of nitrogens with one attached hydrogen (secondary N) is 2. The fourth-order valence-electron chi connectivity index (χ4n) is 2.16. The molecule has 7 nitrogen and oxygen atoms in total. The first-order valence-corrected chi connectivity index (χ1v) is 7.35. The molecule has 0 aliphatic rings. The van der Waals surface area contributed by atoms with E-state index in [2.05, 4.69) is 10.6 Å². The molecule has 0 saturated carbocycles. The normalized spacial score (nSPS) is 10.0. The summed E-state index contributed by atoms with van der Waals surface area (Å²) in [5, 5.41) is 16.2. The predicted octanol–water partition coefficient (Wildman–Crippen LogP) is 2.53. The van der Waals surface area contributed by atoms with Crippen molar-refractivity contribution in [1.29, 1.82) is 0 Å². The summed E-state index contributed by atoms with van der Waals surface area (Å²) in [4.78, 5) is 33.8. The van der Waals surface area contributed by atoms with E-state index < -0.39 is 10.8 Å². The fourth-order valence-corrected chi connectivity index (χ4v) is 2.16. The van der Waals surface area contributed by atoms with Gasteiger partial charge in [0.2, 0.25) is 5.91 Å². The summed E-state index contributed by atoms with van der Waals surface area (Å²) in [5.41, 5.74) is 1.26. The molecule has 124 valence electrons. The molecular weight excluding hydrogens is 310 g/mol. The second-order valence-corrected chi connectivity index (χ2v) is 5.10. The van der Waals surface area contributed by atoms with Crippen LogP contribution in [0.15, 0.2) is 48.5 Å². The van der Waals surface area contributed by atoms with Crippen LogP contribution < -0.4 is 10.6 Å². The molecule has 0 saturated heterocycles. The van der Waals surface area contributed by atoms with Gasteiger partial charge in [0.1, 0.15) is 5.56 Å². The number of nitro groups is 1. The molecule has 2 N–H and O–H groups in total. The van der Waals surface area contributed by atoms with Crippen LogP contribution in [0.5, 0.6) is 0 Å². The van der Waals surface area contributed by atoms with E-state index in [4.69, 9.17) is 0 Å². The highest BCUT2D eigenvalue weighted by molar-refractivity contribution is 6.07. The van der Waals surface area contributed by atoms with Crippen molar-refractivity contribution in [2.75, 3.05) is 12.4 Å². The molecule has 0 heterocycles. The quantitative estimate of drug-likeness (QED) is 0.628. The topological polar surface area (TPSA) is 101 Å². The molecular formula is C17H17N3O4. The van der Waals surface area contributed by atoms with E-state index in [-0.39, 0.29) is 17.2 Å². The predicted molar refractivity (Wildman–Crippen MR) is 89.9 cm³/mol. The zero-order valence-corrected chi connectivity index (χ0v) is 13.1. The van der Waals surface area contributed by atoms with Crippen molar-refractivity contribution in [2.24, 2.45) is 0 Å². The lowest BCUT2D eigenvalue weighted by atomic mass is 10.1. The summed E-state index contributed by atoms with van der Waals surface area (Å²) < 4.78 is 0. The first-order valence-electron chi connectivity index (χ1n) is 7.35. The monoisotopic (exact) mass is 327 g/mol. The molecule has 2 amide bonds. The number of nitro benzene ring substituents is 1. The Hall–Kier alpha value is -3.22. The molecule has 0 aromatic heterocycles. The number of rotatable bonds is 6. The van der Waals surface area contributed by atoms with Gasteiger partial charge in [-0.25, -0.2) is 0 Å². The van der Waals surface area contributed by atoms with E-state index in [1.807, 2.05) is 0 Å². The zero-order valence-electron chi connectivity index (χ0n) is 13.1. The Bertz CT molecular complexity index is 757. The molecule has 24 heavy (non-hydrogen) atoms. The van der Waals surface area contributed by atoms with E-state index in [0.717, 1.165) is 5.56 Å². The number of amides is 2. The molecule has 0 radical (unpaired) electrons. The lowest BCUT2D eigenvalue weighted by Gasteiger charge is -2.07. The third-order valence-electron chi connectivity index (χ3n) is 3.48. The Morgan fingerprint density at radius 3 is 2.38 bits per heavy atom. The van der Waals surface area contributed by atoms with Gasteiger partial charge in [-0.05, 0) is 30.2 Å². The number of carbonyl (C=O) groups is 2. The molecule has 7 heteroatoms. The van der Waals surface area contributed by atoms with Crippen LogP contribution in [-0.4, -0.2) is 23.8 Å². The zero-order chi connectivity index (χ0) is 17.5. The summed E-state index contributed by atoms with van der Waals surface area (Å²) >= 11 is 0. The third kappa shape index (κ3) is 4.39. The van der Waals surface area contributed by atoms with Crippen LogP contribution in [0.25, 0.3) is 0 Å². The number of carbonyl (C=O) groups excluding carboxylic acids is 2.